The van der Waals surface area contributed by atoms with Gasteiger partial charge in [0.2, 0.25) is 0 Å². The number of ether oxygens (including phenoxy) is 2. The molecule has 1 unspecified atom stereocenters. The van der Waals surface area contributed by atoms with Crippen molar-refractivity contribution in [1.82, 2.24) is 0 Å². The van der Waals surface area contributed by atoms with Gasteiger partial charge >= 0.3 is 0 Å². The lowest BCUT2D eigenvalue weighted by Gasteiger charge is -2.14. The van der Waals surface area contributed by atoms with Crippen LogP contribution in [0.4, 0.5) is 0 Å². The van der Waals surface area contributed by atoms with Crippen LogP contribution < -0.4 is 15.2 Å². The number of nitriles is 1. The summed E-state index contributed by atoms with van der Waals surface area (Å²) in [7, 11) is 1.62. The van der Waals surface area contributed by atoms with Crippen molar-refractivity contribution in [2.24, 2.45) is 5.73 Å². The van der Waals surface area contributed by atoms with Gasteiger partial charge in [-0.25, -0.2) is 0 Å². The van der Waals surface area contributed by atoms with Crippen molar-refractivity contribution < 1.29 is 9.47 Å². The van der Waals surface area contributed by atoms with Crippen LogP contribution in [0.5, 0.6) is 11.5 Å². The number of nitrogens with two attached hydrogens (primary N) is 1. The average Bonchev–Trinajstić information content (AvgIpc) is 2.43. The van der Waals surface area contributed by atoms with Crippen LogP contribution in [0.25, 0.3) is 0 Å². The SMILES string of the molecule is CCC(N)Cc1ccc(OC)c(OCCCC#N)c1. The summed E-state index contributed by atoms with van der Waals surface area (Å²) in [4.78, 5) is 0. The van der Waals surface area contributed by atoms with Crippen molar-refractivity contribution in [2.75, 3.05) is 13.7 Å². The molecule has 19 heavy (non-hydrogen) atoms. The zero-order valence-electron chi connectivity index (χ0n) is 11.7. The summed E-state index contributed by atoms with van der Waals surface area (Å²) in [6.07, 6.45) is 3.00. The predicted molar refractivity (Wildman–Crippen MR) is 75.3 cm³/mol. The molecule has 1 atom stereocenters. The summed E-state index contributed by atoms with van der Waals surface area (Å²) in [5.41, 5.74) is 7.10. The van der Waals surface area contributed by atoms with Gasteiger partial charge < -0.3 is 15.2 Å². The number of unbranched alkanes of at least 4 members (excludes halogenated alkanes) is 1. The van der Waals surface area contributed by atoms with Crippen molar-refractivity contribution >= 4 is 0 Å². The number of nitrogens with zero attached hydrogens (tertiary/aromatic N) is 1. The monoisotopic (exact) mass is 262 g/mol. The zero-order valence-corrected chi connectivity index (χ0v) is 11.7. The lowest BCUT2D eigenvalue weighted by Crippen LogP contribution is -2.21. The molecule has 0 spiro atoms. The van der Waals surface area contributed by atoms with Crippen molar-refractivity contribution in [3.63, 3.8) is 0 Å². The van der Waals surface area contributed by atoms with Crippen molar-refractivity contribution in [1.29, 1.82) is 5.26 Å². The highest BCUT2D eigenvalue weighted by Crippen LogP contribution is 2.28. The molecule has 0 saturated heterocycles. The van der Waals surface area contributed by atoms with Gasteiger partial charge in [-0.1, -0.05) is 13.0 Å². The fraction of sp³-hybridized carbons (Fsp3) is 0.533. The largest absolute Gasteiger partial charge is 0.493 e. The van der Waals surface area contributed by atoms with Gasteiger partial charge in [0.25, 0.3) is 0 Å². The third-order valence-corrected chi connectivity index (χ3v) is 2.94. The van der Waals surface area contributed by atoms with E-state index in [9.17, 15) is 0 Å². The van der Waals surface area contributed by atoms with Crippen LogP contribution in [0, 0.1) is 11.3 Å². The first-order chi connectivity index (χ1) is 9.21. The molecule has 2 N–H and O–H groups in total. The van der Waals surface area contributed by atoms with E-state index >= 15 is 0 Å². The minimum Gasteiger partial charge on any atom is -0.493 e. The molecule has 0 aliphatic heterocycles. The van der Waals surface area contributed by atoms with Crippen LogP contribution >= 0.6 is 0 Å². The quantitative estimate of drug-likeness (QED) is 0.731. The second-order valence-corrected chi connectivity index (χ2v) is 4.47. The topological polar surface area (TPSA) is 68.3 Å². The number of hydrogen-bond acceptors (Lipinski definition) is 4. The van der Waals surface area contributed by atoms with E-state index in [1.165, 1.54) is 0 Å². The first-order valence-corrected chi connectivity index (χ1v) is 6.63. The van der Waals surface area contributed by atoms with Crippen LogP contribution in [0.3, 0.4) is 0 Å². The maximum absolute atomic E-state index is 8.49. The molecule has 0 saturated carbocycles. The Morgan fingerprint density at radius 2 is 2.16 bits per heavy atom. The lowest BCUT2D eigenvalue weighted by atomic mass is 10.0. The van der Waals surface area contributed by atoms with Crippen LogP contribution in [-0.4, -0.2) is 19.8 Å². The van der Waals surface area contributed by atoms with Gasteiger partial charge in [-0.3, -0.25) is 0 Å². The summed E-state index contributed by atoms with van der Waals surface area (Å²) >= 11 is 0. The molecule has 0 aliphatic carbocycles. The number of benzene rings is 1. The molecule has 0 bridgehead atoms. The minimum absolute atomic E-state index is 0.167. The summed E-state index contributed by atoms with van der Waals surface area (Å²) in [5, 5.41) is 8.49. The average molecular weight is 262 g/mol. The maximum atomic E-state index is 8.49. The molecule has 104 valence electrons. The Kier molecular flexibility index (Phi) is 6.76. The Hall–Kier alpha value is -1.73. The Morgan fingerprint density at radius 1 is 1.37 bits per heavy atom. The standard InChI is InChI=1S/C15H22N2O2/c1-3-13(17)10-12-6-7-14(18-2)15(11-12)19-9-5-4-8-16/h6-7,11,13H,3-5,9-10,17H2,1-2H3. The van der Waals surface area contributed by atoms with Crippen molar-refractivity contribution in [2.45, 2.75) is 38.6 Å². The second kappa shape index (κ2) is 8.39. The second-order valence-electron chi connectivity index (χ2n) is 4.47. The number of hydrogen-bond donors (Lipinski definition) is 1. The van der Waals surface area contributed by atoms with Gasteiger partial charge in [-0.05, 0) is 37.0 Å². The maximum Gasteiger partial charge on any atom is 0.161 e. The van der Waals surface area contributed by atoms with Gasteiger partial charge in [0.15, 0.2) is 11.5 Å². The van der Waals surface area contributed by atoms with Crippen LogP contribution in [-0.2, 0) is 6.42 Å². The Balaban J connectivity index is 2.70. The number of rotatable bonds is 8. The fourth-order valence-corrected chi connectivity index (χ4v) is 1.74. The molecule has 0 aromatic heterocycles. The molecule has 1 rings (SSSR count). The molecule has 0 aliphatic rings. The lowest BCUT2D eigenvalue weighted by molar-refractivity contribution is 0.290. The van der Waals surface area contributed by atoms with Crippen LogP contribution in [0.15, 0.2) is 18.2 Å². The van der Waals surface area contributed by atoms with Gasteiger partial charge in [-0.2, -0.15) is 5.26 Å². The summed E-state index contributed by atoms with van der Waals surface area (Å²) in [6, 6.07) is 8.15. The van der Waals surface area contributed by atoms with E-state index in [1.54, 1.807) is 7.11 Å². The smallest absolute Gasteiger partial charge is 0.161 e. The first kappa shape index (κ1) is 15.3. The van der Waals surface area contributed by atoms with E-state index in [4.69, 9.17) is 20.5 Å². The van der Waals surface area contributed by atoms with E-state index in [-0.39, 0.29) is 6.04 Å². The molecule has 0 radical (unpaired) electrons. The highest BCUT2D eigenvalue weighted by Gasteiger charge is 2.08. The number of methoxy groups -OCH3 is 1. The highest BCUT2D eigenvalue weighted by molar-refractivity contribution is 5.43. The van der Waals surface area contributed by atoms with Gasteiger partial charge in [0, 0.05) is 12.5 Å². The third kappa shape index (κ3) is 5.19. The molecular weight excluding hydrogens is 240 g/mol. The molecule has 1 aromatic carbocycles. The van der Waals surface area contributed by atoms with Gasteiger partial charge in [-0.15, -0.1) is 0 Å². The highest BCUT2D eigenvalue weighted by atomic mass is 16.5. The Bertz CT molecular complexity index is 427. The van der Waals surface area contributed by atoms with Gasteiger partial charge in [0.05, 0.1) is 19.8 Å². The third-order valence-electron chi connectivity index (χ3n) is 2.94. The van der Waals surface area contributed by atoms with Crippen molar-refractivity contribution in [3.05, 3.63) is 23.8 Å². The van der Waals surface area contributed by atoms with Gasteiger partial charge in [0.1, 0.15) is 0 Å². The van der Waals surface area contributed by atoms with E-state index < -0.39 is 0 Å². The minimum atomic E-state index is 0.167. The molecular formula is C15H22N2O2. The van der Waals surface area contributed by atoms with E-state index in [0.717, 1.165) is 30.6 Å². The first-order valence-electron chi connectivity index (χ1n) is 6.63. The molecule has 4 heteroatoms. The van der Waals surface area contributed by atoms with E-state index in [1.807, 2.05) is 18.2 Å². The summed E-state index contributed by atoms with van der Waals surface area (Å²) in [6.45, 7) is 2.60. The van der Waals surface area contributed by atoms with E-state index in [0.29, 0.717) is 18.8 Å². The predicted octanol–water partition coefficient (Wildman–Crippen LogP) is 2.66. The zero-order chi connectivity index (χ0) is 14.1. The van der Waals surface area contributed by atoms with E-state index in [2.05, 4.69) is 13.0 Å². The summed E-state index contributed by atoms with van der Waals surface area (Å²) < 4.78 is 10.9. The normalized spacial score (nSPS) is 11.7. The summed E-state index contributed by atoms with van der Waals surface area (Å²) in [5.74, 6) is 1.44. The van der Waals surface area contributed by atoms with Crippen molar-refractivity contribution in [3.8, 4) is 17.6 Å². The Morgan fingerprint density at radius 3 is 2.79 bits per heavy atom. The van der Waals surface area contributed by atoms with Crippen LogP contribution in [0.2, 0.25) is 0 Å². The fourth-order valence-electron chi connectivity index (χ4n) is 1.74. The molecule has 0 heterocycles. The molecule has 1 aromatic rings. The Labute approximate surface area is 115 Å². The van der Waals surface area contributed by atoms with Crippen LogP contribution in [0.1, 0.15) is 31.7 Å². The molecule has 0 amide bonds. The molecule has 0 fully saturated rings. The molecule has 4 nitrogen and oxygen atoms in total.